The van der Waals surface area contributed by atoms with Crippen LogP contribution >= 0.6 is 0 Å². The molecule has 2 aliphatic rings. The van der Waals surface area contributed by atoms with Gasteiger partial charge in [-0.1, -0.05) is 32.1 Å². The smallest absolute Gasteiger partial charge is 0.332 e. The highest BCUT2D eigenvalue weighted by molar-refractivity contribution is 5.83. The Balaban J connectivity index is 1.87. The van der Waals surface area contributed by atoms with Gasteiger partial charge in [0, 0.05) is 18.2 Å². The lowest BCUT2D eigenvalue weighted by atomic mass is 9.95. The van der Waals surface area contributed by atoms with Crippen LogP contribution in [-0.2, 0) is 11.3 Å². The standard InChI is InChI=1S/C24H30FN3O4/c1-15(11-22(29)30)14-27-23(31)18-12-19(25)20(26-16-7-3-2-4-8-16)13-21(18)28(24(27)32)17-9-5-6-10-17/h11-13,16-17,26H,2-10,14H2,1H3,(H,29,30)/b15-11+. The Kier molecular flexibility index (Phi) is 6.48. The SMILES string of the molecule is C/C(=C\C(=O)O)Cn1c(=O)c2cc(F)c(NC3CCCCC3)cc2n(C2CCCC2)c1=O. The molecular formula is C24H30FN3O4. The van der Waals surface area contributed by atoms with Crippen molar-refractivity contribution in [2.45, 2.75) is 83.3 Å². The molecule has 2 saturated carbocycles. The summed E-state index contributed by atoms with van der Waals surface area (Å²) in [4.78, 5) is 37.6. The van der Waals surface area contributed by atoms with Crippen LogP contribution in [0.5, 0.6) is 0 Å². The second kappa shape index (κ2) is 9.30. The van der Waals surface area contributed by atoms with Crippen molar-refractivity contribution >= 4 is 22.6 Å². The van der Waals surface area contributed by atoms with Crippen molar-refractivity contribution in [1.29, 1.82) is 0 Å². The van der Waals surface area contributed by atoms with Crippen LogP contribution in [0.1, 0.15) is 70.8 Å². The number of hydrogen-bond donors (Lipinski definition) is 2. The lowest BCUT2D eigenvalue weighted by Gasteiger charge is -2.25. The van der Waals surface area contributed by atoms with E-state index >= 15 is 4.39 Å². The molecule has 2 N–H and O–H groups in total. The number of halogens is 1. The van der Waals surface area contributed by atoms with Crippen LogP contribution in [0.3, 0.4) is 0 Å². The van der Waals surface area contributed by atoms with Gasteiger partial charge in [-0.25, -0.2) is 14.0 Å². The van der Waals surface area contributed by atoms with Crippen LogP contribution < -0.4 is 16.6 Å². The zero-order valence-electron chi connectivity index (χ0n) is 18.4. The first kappa shape index (κ1) is 22.3. The molecule has 0 spiro atoms. The van der Waals surface area contributed by atoms with Gasteiger partial charge in [-0.05, 0) is 50.3 Å². The first-order valence-corrected chi connectivity index (χ1v) is 11.5. The average Bonchev–Trinajstić information content (AvgIpc) is 3.27. The van der Waals surface area contributed by atoms with Crippen LogP contribution in [0, 0.1) is 5.82 Å². The molecule has 2 aliphatic carbocycles. The molecule has 1 heterocycles. The predicted octanol–water partition coefficient (Wildman–Crippen LogP) is 4.19. The lowest BCUT2D eigenvalue weighted by Crippen LogP contribution is -2.41. The summed E-state index contributed by atoms with van der Waals surface area (Å²) in [6, 6.07) is 2.96. The Morgan fingerprint density at radius 2 is 1.78 bits per heavy atom. The van der Waals surface area contributed by atoms with E-state index in [4.69, 9.17) is 5.11 Å². The van der Waals surface area contributed by atoms with Crippen molar-refractivity contribution in [1.82, 2.24) is 9.13 Å². The van der Waals surface area contributed by atoms with Crippen LogP contribution in [0.15, 0.2) is 33.4 Å². The molecule has 172 valence electrons. The van der Waals surface area contributed by atoms with E-state index in [1.165, 1.54) is 12.5 Å². The summed E-state index contributed by atoms with van der Waals surface area (Å²) in [5, 5.41) is 12.4. The van der Waals surface area contributed by atoms with Crippen LogP contribution in [0.4, 0.5) is 10.1 Å². The Morgan fingerprint density at radius 1 is 1.12 bits per heavy atom. The van der Waals surface area contributed by atoms with Gasteiger partial charge in [-0.15, -0.1) is 0 Å². The minimum absolute atomic E-state index is 0.0615. The summed E-state index contributed by atoms with van der Waals surface area (Å²) in [5.74, 6) is -1.65. The molecule has 0 radical (unpaired) electrons. The number of aromatic nitrogens is 2. The molecule has 0 atom stereocenters. The summed E-state index contributed by atoms with van der Waals surface area (Å²) in [5.41, 5.74) is 0.0747. The van der Waals surface area contributed by atoms with Gasteiger partial charge >= 0.3 is 11.7 Å². The van der Waals surface area contributed by atoms with E-state index in [0.717, 1.165) is 62.0 Å². The molecule has 32 heavy (non-hydrogen) atoms. The van der Waals surface area contributed by atoms with Crippen molar-refractivity contribution in [2.75, 3.05) is 5.32 Å². The molecule has 0 bridgehead atoms. The maximum Gasteiger partial charge on any atom is 0.332 e. The van der Waals surface area contributed by atoms with E-state index in [-0.39, 0.29) is 24.0 Å². The molecule has 2 aromatic rings. The second-order valence-corrected chi connectivity index (χ2v) is 9.14. The molecule has 1 aromatic carbocycles. The minimum Gasteiger partial charge on any atom is -0.478 e. The molecule has 4 rings (SSSR count). The maximum atomic E-state index is 15.0. The quantitative estimate of drug-likeness (QED) is 0.653. The van der Waals surface area contributed by atoms with E-state index in [1.54, 1.807) is 17.6 Å². The monoisotopic (exact) mass is 443 g/mol. The number of allylic oxidation sites excluding steroid dienone is 1. The third-order valence-corrected chi connectivity index (χ3v) is 6.69. The number of carboxylic acid groups (broad SMARTS) is 1. The fraction of sp³-hybridized carbons (Fsp3) is 0.542. The van der Waals surface area contributed by atoms with E-state index in [0.29, 0.717) is 16.8 Å². The topological polar surface area (TPSA) is 93.3 Å². The van der Waals surface area contributed by atoms with Gasteiger partial charge in [0.15, 0.2) is 0 Å². The molecule has 2 fully saturated rings. The summed E-state index contributed by atoms with van der Waals surface area (Å²) in [7, 11) is 0. The number of aliphatic carboxylic acids is 1. The predicted molar refractivity (Wildman–Crippen MR) is 122 cm³/mol. The van der Waals surface area contributed by atoms with Gasteiger partial charge in [-0.2, -0.15) is 0 Å². The lowest BCUT2D eigenvalue weighted by molar-refractivity contribution is -0.131. The maximum absolute atomic E-state index is 15.0. The normalized spacial score (nSPS) is 18.4. The average molecular weight is 444 g/mol. The number of nitrogens with one attached hydrogen (secondary N) is 1. The highest BCUT2D eigenvalue weighted by Crippen LogP contribution is 2.32. The molecular weight excluding hydrogens is 413 g/mol. The van der Waals surface area contributed by atoms with E-state index in [1.807, 2.05) is 0 Å². The molecule has 0 amide bonds. The molecule has 0 unspecified atom stereocenters. The van der Waals surface area contributed by atoms with Gasteiger partial charge < -0.3 is 10.4 Å². The Hall–Kier alpha value is -2.90. The molecule has 8 heteroatoms. The van der Waals surface area contributed by atoms with Gasteiger partial charge in [0.05, 0.1) is 23.1 Å². The number of carboxylic acids is 1. The van der Waals surface area contributed by atoms with Gasteiger partial charge in [0.25, 0.3) is 5.56 Å². The van der Waals surface area contributed by atoms with Gasteiger partial charge in [0.2, 0.25) is 0 Å². The molecule has 0 aliphatic heterocycles. The number of benzene rings is 1. The zero-order valence-corrected chi connectivity index (χ0v) is 18.4. The van der Waals surface area contributed by atoms with Crippen LogP contribution in [0.25, 0.3) is 10.9 Å². The Morgan fingerprint density at radius 3 is 2.44 bits per heavy atom. The fourth-order valence-corrected chi connectivity index (χ4v) is 5.14. The van der Waals surface area contributed by atoms with Crippen molar-refractivity contribution in [3.8, 4) is 0 Å². The summed E-state index contributed by atoms with van der Waals surface area (Å²) in [6.07, 6.45) is 9.95. The van der Waals surface area contributed by atoms with Gasteiger partial charge in [0.1, 0.15) is 5.82 Å². The Labute approximate surface area is 185 Å². The first-order chi connectivity index (χ1) is 15.3. The van der Waals surface area contributed by atoms with Crippen LogP contribution in [-0.4, -0.2) is 26.3 Å². The van der Waals surface area contributed by atoms with Crippen molar-refractivity contribution in [2.24, 2.45) is 0 Å². The highest BCUT2D eigenvalue weighted by Gasteiger charge is 2.25. The van der Waals surface area contributed by atoms with Crippen molar-refractivity contribution in [3.05, 3.63) is 50.4 Å². The van der Waals surface area contributed by atoms with Gasteiger partial charge in [-0.3, -0.25) is 13.9 Å². The van der Waals surface area contributed by atoms with E-state index < -0.39 is 23.0 Å². The van der Waals surface area contributed by atoms with Crippen molar-refractivity contribution < 1.29 is 14.3 Å². The Bertz CT molecular complexity index is 1170. The number of fused-ring (bicyclic) bond motifs is 1. The van der Waals surface area contributed by atoms with E-state index in [9.17, 15) is 14.4 Å². The number of rotatable bonds is 6. The number of hydrogen-bond acceptors (Lipinski definition) is 4. The minimum atomic E-state index is -1.14. The highest BCUT2D eigenvalue weighted by atomic mass is 19.1. The number of carbonyl (C=O) groups is 1. The zero-order chi connectivity index (χ0) is 22.8. The third kappa shape index (κ3) is 4.49. The number of anilines is 1. The van der Waals surface area contributed by atoms with Crippen LogP contribution in [0.2, 0.25) is 0 Å². The summed E-state index contributed by atoms with van der Waals surface area (Å²) < 4.78 is 17.7. The molecule has 7 nitrogen and oxygen atoms in total. The fourth-order valence-electron chi connectivity index (χ4n) is 5.14. The third-order valence-electron chi connectivity index (χ3n) is 6.69. The molecule has 1 aromatic heterocycles. The number of nitrogens with zero attached hydrogens (tertiary/aromatic N) is 2. The van der Waals surface area contributed by atoms with E-state index in [2.05, 4.69) is 5.32 Å². The molecule has 0 saturated heterocycles. The van der Waals surface area contributed by atoms with Crippen molar-refractivity contribution in [3.63, 3.8) is 0 Å². The largest absolute Gasteiger partial charge is 0.478 e. The summed E-state index contributed by atoms with van der Waals surface area (Å²) >= 11 is 0. The second-order valence-electron chi connectivity index (χ2n) is 9.14. The first-order valence-electron chi connectivity index (χ1n) is 11.5. The summed E-state index contributed by atoms with van der Waals surface area (Å²) in [6.45, 7) is 1.41.